The summed E-state index contributed by atoms with van der Waals surface area (Å²) in [4.78, 5) is 0.919. The zero-order chi connectivity index (χ0) is 10.6. The van der Waals surface area contributed by atoms with Crippen LogP contribution in [0.1, 0.15) is 13.3 Å². The zero-order valence-electron chi connectivity index (χ0n) is 7.83. The molecule has 4 heteroatoms. The molecule has 0 aliphatic carbocycles. The maximum Gasteiger partial charge on any atom is 0.0961 e. The summed E-state index contributed by atoms with van der Waals surface area (Å²) >= 11 is 7.25. The smallest absolute Gasteiger partial charge is 0.0961 e. The molecule has 0 fully saturated rings. The Balaban J connectivity index is 2.82. The Labute approximate surface area is 93.1 Å². The molecule has 2 N–H and O–H groups in total. The lowest BCUT2D eigenvalue weighted by molar-refractivity contribution is 0.985. The Bertz CT molecular complexity index is 360. The van der Waals surface area contributed by atoms with Crippen molar-refractivity contribution in [3.8, 4) is 6.07 Å². The van der Waals surface area contributed by atoms with Crippen molar-refractivity contribution in [3.05, 3.63) is 23.2 Å². The number of anilines is 1. The molecule has 0 amide bonds. The molecule has 1 rings (SSSR count). The third-order valence-electron chi connectivity index (χ3n) is 1.76. The van der Waals surface area contributed by atoms with Gasteiger partial charge in [0.05, 0.1) is 11.3 Å². The van der Waals surface area contributed by atoms with Crippen molar-refractivity contribution in [2.75, 3.05) is 5.73 Å². The number of rotatable bonds is 3. The molecule has 0 bridgehead atoms. The largest absolute Gasteiger partial charge is 0.398 e. The highest BCUT2D eigenvalue weighted by Gasteiger charge is 2.08. The van der Waals surface area contributed by atoms with E-state index in [1.54, 1.807) is 12.1 Å². The van der Waals surface area contributed by atoms with Gasteiger partial charge in [-0.15, -0.1) is 11.8 Å². The van der Waals surface area contributed by atoms with Crippen molar-refractivity contribution >= 4 is 29.1 Å². The minimum Gasteiger partial charge on any atom is -0.398 e. The van der Waals surface area contributed by atoms with Gasteiger partial charge in [0.1, 0.15) is 0 Å². The molecular formula is C10H11ClN2S. The molecular weight excluding hydrogens is 216 g/mol. The summed E-state index contributed by atoms with van der Waals surface area (Å²) < 4.78 is 0. The first kappa shape index (κ1) is 11.2. The lowest BCUT2D eigenvalue weighted by atomic mass is 10.3. The first-order valence-electron chi connectivity index (χ1n) is 4.28. The average Bonchev–Trinajstić information content (AvgIpc) is 2.17. The average molecular weight is 227 g/mol. The second kappa shape index (κ2) is 5.14. The number of nitrogens with zero attached hydrogens (tertiary/aromatic N) is 1. The SMILES string of the molecule is CCC(C#N)Sc1ccc(Cl)cc1N. The van der Waals surface area contributed by atoms with Crippen LogP contribution in [-0.2, 0) is 0 Å². The Morgan fingerprint density at radius 1 is 1.64 bits per heavy atom. The maximum absolute atomic E-state index is 8.80. The first-order chi connectivity index (χ1) is 6.67. The fourth-order valence-corrected chi connectivity index (χ4v) is 2.03. The van der Waals surface area contributed by atoms with Crippen LogP contribution in [0.2, 0.25) is 5.02 Å². The molecule has 2 nitrogen and oxygen atoms in total. The van der Waals surface area contributed by atoms with Crippen LogP contribution in [0.25, 0.3) is 0 Å². The van der Waals surface area contributed by atoms with Gasteiger partial charge in [-0.25, -0.2) is 0 Å². The van der Waals surface area contributed by atoms with Crippen molar-refractivity contribution < 1.29 is 0 Å². The van der Waals surface area contributed by atoms with E-state index in [2.05, 4.69) is 6.07 Å². The molecule has 0 saturated carbocycles. The lowest BCUT2D eigenvalue weighted by Gasteiger charge is -2.08. The van der Waals surface area contributed by atoms with E-state index in [0.29, 0.717) is 10.7 Å². The highest BCUT2D eigenvalue weighted by molar-refractivity contribution is 8.00. The number of thioether (sulfide) groups is 1. The molecule has 0 aliphatic rings. The summed E-state index contributed by atoms with van der Waals surface area (Å²) in [5.41, 5.74) is 6.40. The summed E-state index contributed by atoms with van der Waals surface area (Å²) in [7, 11) is 0. The second-order valence-electron chi connectivity index (χ2n) is 2.83. The van der Waals surface area contributed by atoms with Crippen LogP contribution in [0.3, 0.4) is 0 Å². The van der Waals surface area contributed by atoms with Gasteiger partial charge >= 0.3 is 0 Å². The topological polar surface area (TPSA) is 49.8 Å². The summed E-state index contributed by atoms with van der Waals surface area (Å²) in [6.45, 7) is 1.98. The van der Waals surface area contributed by atoms with Gasteiger partial charge in [-0.05, 0) is 24.6 Å². The van der Waals surface area contributed by atoms with E-state index in [4.69, 9.17) is 22.6 Å². The summed E-state index contributed by atoms with van der Waals surface area (Å²) in [5.74, 6) is 0. The van der Waals surface area contributed by atoms with Crippen molar-refractivity contribution in [1.29, 1.82) is 5.26 Å². The van der Waals surface area contributed by atoms with Gasteiger partial charge in [-0.1, -0.05) is 18.5 Å². The molecule has 14 heavy (non-hydrogen) atoms. The summed E-state index contributed by atoms with van der Waals surface area (Å²) in [5, 5.41) is 9.37. The second-order valence-corrected chi connectivity index (χ2v) is 4.51. The van der Waals surface area contributed by atoms with Crippen LogP contribution in [-0.4, -0.2) is 5.25 Å². The Morgan fingerprint density at radius 2 is 2.36 bits per heavy atom. The molecule has 0 aromatic heterocycles. The summed E-state index contributed by atoms with van der Waals surface area (Å²) in [6.07, 6.45) is 0.809. The first-order valence-corrected chi connectivity index (χ1v) is 5.54. The van der Waals surface area contributed by atoms with Crippen molar-refractivity contribution in [2.45, 2.75) is 23.5 Å². The zero-order valence-corrected chi connectivity index (χ0v) is 9.40. The van der Waals surface area contributed by atoms with Crippen LogP contribution in [0.15, 0.2) is 23.1 Å². The number of halogens is 1. The fourth-order valence-electron chi connectivity index (χ4n) is 0.981. The molecule has 0 spiro atoms. The highest BCUT2D eigenvalue weighted by Crippen LogP contribution is 2.31. The van der Waals surface area contributed by atoms with E-state index in [9.17, 15) is 0 Å². The number of nitrogen functional groups attached to an aromatic ring is 1. The van der Waals surface area contributed by atoms with Crippen LogP contribution in [0.5, 0.6) is 0 Å². The normalized spacial score (nSPS) is 12.1. The minimum atomic E-state index is -0.0431. The molecule has 0 saturated heterocycles. The molecule has 0 aliphatic heterocycles. The molecule has 1 unspecified atom stereocenters. The van der Waals surface area contributed by atoms with E-state index >= 15 is 0 Å². The predicted molar refractivity (Wildman–Crippen MR) is 61.4 cm³/mol. The lowest BCUT2D eigenvalue weighted by Crippen LogP contribution is -1.97. The van der Waals surface area contributed by atoms with E-state index < -0.39 is 0 Å². The molecule has 0 radical (unpaired) electrons. The Kier molecular flexibility index (Phi) is 4.12. The minimum absolute atomic E-state index is 0.0431. The van der Waals surface area contributed by atoms with E-state index in [1.165, 1.54) is 11.8 Å². The predicted octanol–water partition coefficient (Wildman–Crippen LogP) is 3.32. The quantitative estimate of drug-likeness (QED) is 0.636. The molecule has 1 aromatic rings. The van der Waals surface area contributed by atoms with Crippen LogP contribution >= 0.6 is 23.4 Å². The third-order valence-corrected chi connectivity index (χ3v) is 3.34. The molecule has 0 heterocycles. The van der Waals surface area contributed by atoms with Gasteiger partial charge in [0.2, 0.25) is 0 Å². The monoisotopic (exact) mass is 226 g/mol. The van der Waals surface area contributed by atoms with Gasteiger partial charge in [0.15, 0.2) is 0 Å². The van der Waals surface area contributed by atoms with E-state index in [-0.39, 0.29) is 5.25 Å². The van der Waals surface area contributed by atoms with Crippen LogP contribution in [0, 0.1) is 11.3 Å². The van der Waals surface area contributed by atoms with Crippen molar-refractivity contribution in [1.82, 2.24) is 0 Å². The standard InChI is InChI=1S/C10H11ClN2S/c1-2-8(6-12)14-10-4-3-7(11)5-9(10)13/h3-5,8H,2,13H2,1H3. The highest BCUT2D eigenvalue weighted by atomic mass is 35.5. The molecule has 1 atom stereocenters. The van der Waals surface area contributed by atoms with E-state index in [0.717, 1.165) is 11.3 Å². The molecule has 1 aromatic carbocycles. The maximum atomic E-state index is 8.80. The third kappa shape index (κ3) is 2.83. The fraction of sp³-hybridized carbons (Fsp3) is 0.300. The number of hydrogen-bond donors (Lipinski definition) is 1. The Hall–Kier alpha value is -0.850. The van der Waals surface area contributed by atoms with Crippen molar-refractivity contribution in [3.63, 3.8) is 0 Å². The number of nitrogens with two attached hydrogens (primary N) is 1. The molecule has 74 valence electrons. The Morgan fingerprint density at radius 3 is 2.86 bits per heavy atom. The van der Waals surface area contributed by atoms with Gasteiger partial charge in [-0.2, -0.15) is 5.26 Å². The number of benzene rings is 1. The summed E-state index contributed by atoms with van der Waals surface area (Å²) in [6, 6.07) is 7.55. The van der Waals surface area contributed by atoms with Gasteiger partial charge in [0, 0.05) is 15.6 Å². The number of hydrogen-bond acceptors (Lipinski definition) is 3. The van der Waals surface area contributed by atoms with Gasteiger partial charge in [0.25, 0.3) is 0 Å². The van der Waals surface area contributed by atoms with Crippen LogP contribution < -0.4 is 5.73 Å². The van der Waals surface area contributed by atoms with Gasteiger partial charge < -0.3 is 5.73 Å². The number of nitriles is 1. The van der Waals surface area contributed by atoms with Gasteiger partial charge in [-0.3, -0.25) is 0 Å². The van der Waals surface area contributed by atoms with E-state index in [1.807, 2.05) is 13.0 Å². The van der Waals surface area contributed by atoms with Crippen LogP contribution in [0.4, 0.5) is 5.69 Å². The van der Waals surface area contributed by atoms with Crippen molar-refractivity contribution in [2.24, 2.45) is 0 Å².